The highest BCUT2D eigenvalue weighted by Crippen LogP contribution is 2.24. The van der Waals surface area contributed by atoms with Crippen molar-refractivity contribution in [3.05, 3.63) is 53.1 Å². The molecule has 150 valence electrons. The third-order valence-corrected chi connectivity index (χ3v) is 5.12. The highest BCUT2D eigenvalue weighted by Gasteiger charge is 2.27. The fourth-order valence-electron chi connectivity index (χ4n) is 3.64. The lowest BCUT2D eigenvalue weighted by molar-refractivity contribution is -0.119. The number of fused-ring (bicyclic) bond motifs is 1. The van der Waals surface area contributed by atoms with Crippen LogP contribution in [-0.4, -0.2) is 39.6 Å². The van der Waals surface area contributed by atoms with Gasteiger partial charge < -0.3 is 10.2 Å². The van der Waals surface area contributed by atoms with Crippen LogP contribution in [0.3, 0.4) is 0 Å². The van der Waals surface area contributed by atoms with Crippen molar-refractivity contribution in [3.63, 3.8) is 0 Å². The lowest BCUT2D eigenvalue weighted by Crippen LogP contribution is -2.34. The van der Waals surface area contributed by atoms with Crippen LogP contribution in [0.15, 0.2) is 30.5 Å². The summed E-state index contributed by atoms with van der Waals surface area (Å²) in [4.78, 5) is 26.2. The molecule has 1 aliphatic rings. The first-order valence-electron chi connectivity index (χ1n) is 9.80. The molecule has 1 aromatic heterocycles. The van der Waals surface area contributed by atoms with Gasteiger partial charge in [0.05, 0.1) is 17.5 Å². The van der Waals surface area contributed by atoms with Crippen LogP contribution in [0.1, 0.15) is 48.3 Å². The van der Waals surface area contributed by atoms with E-state index >= 15 is 0 Å². The molecule has 0 bridgehead atoms. The van der Waals surface area contributed by atoms with E-state index in [0.29, 0.717) is 31.1 Å². The van der Waals surface area contributed by atoms with Gasteiger partial charge in [0.15, 0.2) is 0 Å². The van der Waals surface area contributed by atoms with Crippen molar-refractivity contribution in [2.75, 3.05) is 13.1 Å². The Labute approximate surface area is 164 Å². The lowest BCUT2D eigenvalue weighted by Gasteiger charge is -2.26. The van der Waals surface area contributed by atoms with Crippen LogP contribution < -0.4 is 5.32 Å². The molecule has 1 N–H and O–H groups in total. The second-order valence-corrected chi connectivity index (χ2v) is 7.38. The molecule has 28 heavy (non-hydrogen) atoms. The van der Waals surface area contributed by atoms with Gasteiger partial charge in [-0.05, 0) is 42.9 Å². The Kier molecular flexibility index (Phi) is 6.44. The smallest absolute Gasteiger partial charge is 0.257 e. The van der Waals surface area contributed by atoms with Crippen molar-refractivity contribution in [3.8, 4) is 0 Å². The third-order valence-electron chi connectivity index (χ3n) is 5.12. The van der Waals surface area contributed by atoms with E-state index in [1.165, 1.54) is 19.1 Å². The van der Waals surface area contributed by atoms with Crippen LogP contribution in [0, 0.1) is 11.7 Å². The molecule has 7 heteroatoms. The molecule has 0 spiro atoms. The molecular weight excluding hydrogens is 359 g/mol. The summed E-state index contributed by atoms with van der Waals surface area (Å²) in [7, 11) is 0. The minimum atomic E-state index is -0.284. The van der Waals surface area contributed by atoms with E-state index < -0.39 is 0 Å². The molecule has 0 unspecified atom stereocenters. The van der Waals surface area contributed by atoms with Crippen molar-refractivity contribution in [1.29, 1.82) is 0 Å². The summed E-state index contributed by atoms with van der Waals surface area (Å²) in [5.74, 6) is -0.0687. The standard InChI is InChI=1S/C21H27FN4O2/c1-3-9-25(14-16-4-6-18(22)7-5-16)21(28)19-13-24-26-10-8-17(11-20(19)26)12-23-15(2)27/h4-7,13,17H,3,8-12,14H2,1-2H3,(H,23,27)/t17-/m0/s1. The maximum absolute atomic E-state index is 13.2. The maximum Gasteiger partial charge on any atom is 0.257 e. The van der Waals surface area contributed by atoms with Crippen LogP contribution in [0.4, 0.5) is 4.39 Å². The summed E-state index contributed by atoms with van der Waals surface area (Å²) in [6.07, 6.45) is 4.14. The number of aromatic nitrogens is 2. The summed E-state index contributed by atoms with van der Waals surface area (Å²) < 4.78 is 15.1. The summed E-state index contributed by atoms with van der Waals surface area (Å²) in [5.41, 5.74) is 2.46. The largest absolute Gasteiger partial charge is 0.356 e. The van der Waals surface area contributed by atoms with Crippen molar-refractivity contribution < 1.29 is 14.0 Å². The number of hydrogen-bond donors (Lipinski definition) is 1. The summed E-state index contributed by atoms with van der Waals surface area (Å²) in [6, 6.07) is 6.25. The van der Waals surface area contributed by atoms with E-state index in [0.717, 1.165) is 37.1 Å². The molecule has 0 fully saturated rings. The van der Waals surface area contributed by atoms with E-state index in [1.54, 1.807) is 23.2 Å². The number of amides is 2. The SMILES string of the molecule is CCCN(Cc1ccc(F)cc1)C(=O)c1cnn2c1C[C@@H](CNC(C)=O)CC2. The number of nitrogens with zero attached hydrogens (tertiary/aromatic N) is 3. The van der Waals surface area contributed by atoms with Crippen molar-refractivity contribution >= 4 is 11.8 Å². The van der Waals surface area contributed by atoms with Gasteiger partial charge in [0, 0.05) is 33.1 Å². The minimum absolute atomic E-state index is 0.0381. The Morgan fingerprint density at radius 3 is 2.75 bits per heavy atom. The molecule has 6 nitrogen and oxygen atoms in total. The molecule has 1 atom stereocenters. The average molecular weight is 386 g/mol. The zero-order valence-electron chi connectivity index (χ0n) is 16.4. The number of rotatable bonds is 7. The normalized spacial score (nSPS) is 15.8. The van der Waals surface area contributed by atoms with Crippen molar-refractivity contribution in [2.45, 2.75) is 46.2 Å². The Morgan fingerprint density at radius 2 is 2.07 bits per heavy atom. The zero-order chi connectivity index (χ0) is 20.1. The Hall–Kier alpha value is -2.70. The molecule has 0 aliphatic carbocycles. The summed E-state index contributed by atoms with van der Waals surface area (Å²) >= 11 is 0. The quantitative estimate of drug-likeness (QED) is 0.796. The molecular formula is C21H27FN4O2. The highest BCUT2D eigenvalue weighted by atomic mass is 19.1. The van der Waals surface area contributed by atoms with E-state index in [2.05, 4.69) is 10.4 Å². The predicted octanol–water partition coefficient (Wildman–Crippen LogP) is 2.77. The van der Waals surface area contributed by atoms with Crippen LogP contribution >= 0.6 is 0 Å². The lowest BCUT2D eigenvalue weighted by atomic mass is 9.94. The Morgan fingerprint density at radius 1 is 1.32 bits per heavy atom. The molecule has 1 aromatic carbocycles. The summed E-state index contributed by atoms with van der Waals surface area (Å²) in [5, 5.41) is 7.27. The first kappa shape index (κ1) is 20.0. The maximum atomic E-state index is 13.2. The second kappa shape index (κ2) is 8.99. The number of aryl methyl sites for hydroxylation is 1. The third kappa shape index (κ3) is 4.77. The van der Waals surface area contributed by atoms with Crippen molar-refractivity contribution in [1.82, 2.24) is 20.0 Å². The van der Waals surface area contributed by atoms with Gasteiger partial charge in [0.1, 0.15) is 5.82 Å². The van der Waals surface area contributed by atoms with Crippen molar-refractivity contribution in [2.24, 2.45) is 5.92 Å². The molecule has 0 saturated carbocycles. The fraction of sp³-hybridized carbons (Fsp3) is 0.476. The van der Waals surface area contributed by atoms with Gasteiger partial charge in [-0.25, -0.2) is 4.39 Å². The monoisotopic (exact) mass is 386 g/mol. The van der Waals surface area contributed by atoms with Gasteiger partial charge in [-0.3, -0.25) is 14.3 Å². The fourth-order valence-corrected chi connectivity index (χ4v) is 3.64. The van der Waals surface area contributed by atoms with E-state index in [1.807, 2.05) is 11.6 Å². The molecule has 2 amide bonds. The summed E-state index contributed by atoms with van der Waals surface area (Å²) in [6.45, 7) is 5.96. The van der Waals surface area contributed by atoms with Gasteiger partial charge >= 0.3 is 0 Å². The average Bonchev–Trinajstić information content (AvgIpc) is 3.10. The van der Waals surface area contributed by atoms with Gasteiger partial charge in [-0.2, -0.15) is 5.10 Å². The first-order valence-corrected chi connectivity index (χ1v) is 9.80. The van der Waals surface area contributed by atoms with Gasteiger partial charge in [0.25, 0.3) is 5.91 Å². The van der Waals surface area contributed by atoms with Gasteiger partial charge in [0.2, 0.25) is 5.91 Å². The number of halogens is 1. The molecule has 0 radical (unpaired) electrons. The van der Waals surface area contributed by atoms with Gasteiger partial charge in [-0.1, -0.05) is 19.1 Å². The molecule has 0 saturated heterocycles. The van der Waals surface area contributed by atoms with E-state index in [9.17, 15) is 14.0 Å². The van der Waals surface area contributed by atoms with E-state index in [4.69, 9.17) is 0 Å². The first-order chi connectivity index (χ1) is 13.5. The van der Waals surface area contributed by atoms with Crippen LogP contribution in [-0.2, 0) is 24.3 Å². The Bertz CT molecular complexity index is 831. The minimum Gasteiger partial charge on any atom is -0.356 e. The topological polar surface area (TPSA) is 67.2 Å². The molecule has 3 rings (SSSR count). The molecule has 2 aromatic rings. The molecule has 1 aliphatic heterocycles. The highest BCUT2D eigenvalue weighted by molar-refractivity contribution is 5.95. The van der Waals surface area contributed by atoms with E-state index in [-0.39, 0.29) is 17.6 Å². The number of benzene rings is 1. The molecule has 2 heterocycles. The van der Waals surface area contributed by atoms with Crippen LogP contribution in [0.2, 0.25) is 0 Å². The number of carbonyl (C=O) groups is 2. The van der Waals surface area contributed by atoms with Gasteiger partial charge in [-0.15, -0.1) is 0 Å². The Balaban J connectivity index is 1.76. The number of hydrogen-bond acceptors (Lipinski definition) is 3. The second-order valence-electron chi connectivity index (χ2n) is 7.38. The zero-order valence-corrected chi connectivity index (χ0v) is 16.4. The van der Waals surface area contributed by atoms with Crippen LogP contribution in [0.5, 0.6) is 0 Å². The van der Waals surface area contributed by atoms with Crippen LogP contribution in [0.25, 0.3) is 0 Å². The predicted molar refractivity (Wildman–Crippen MR) is 104 cm³/mol. The number of carbonyl (C=O) groups excluding carboxylic acids is 2. The number of nitrogens with one attached hydrogen (secondary N) is 1.